The average molecular weight is 183 g/mol. The molecule has 0 aliphatic heterocycles. The highest BCUT2D eigenvalue weighted by Gasteiger charge is 2.19. The third kappa shape index (κ3) is 2.06. The first-order valence-electron chi connectivity index (χ1n) is 3.88. The SMILES string of the molecule is COC(=O)c1cc(C(C)(C)N)[nH]n1. The van der Waals surface area contributed by atoms with Gasteiger partial charge in [0.1, 0.15) is 0 Å². The van der Waals surface area contributed by atoms with Crippen molar-refractivity contribution >= 4 is 5.97 Å². The molecule has 13 heavy (non-hydrogen) atoms. The summed E-state index contributed by atoms with van der Waals surface area (Å²) < 4.78 is 4.50. The topological polar surface area (TPSA) is 81.0 Å². The van der Waals surface area contributed by atoms with Gasteiger partial charge < -0.3 is 10.5 Å². The van der Waals surface area contributed by atoms with E-state index in [1.54, 1.807) is 6.07 Å². The van der Waals surface area contributed by atoms with Gasteiger partial charge in [0.2, 0.25) is 0 Å². The van der Waals surface area contributed by atoms with Gasteiger partial charge >= 0.3 is 5.97 Å². The minimum absolute atomic E-state index is 0.246. The Kier molecular flexibility index (Phi) is 2.38. The van der Waals surface area contributed by atoms with Gasteiger partial charge in [-0.25, -0.2) is 4.79 Å². The average Bonchev–Trinajstić information content (AvgIpc) is 2.50. The van der Waals surface area contributed by atoms with E-state index in [-0.39, 0.29) is 5.69 Å². The molecule has 5 heteroatoms. The highest BCUT2D eigenvalue weighted by molar-refractivity contribution is 5.87. The van der Waals surface area contributed by atoms with E-state index >= 15 is 0 Å². The Morgan fingerprint density at radius 1 is 1.69 bits per heavy atom. The van der Waals surface area contributed by atoms with Crippen molar-refractivity contribution in [3.63, 3.8) is 0 Å². The summed E-state index contributed by atoms with van der Waals surface area (Å²) in [6.45, 7) is 3.64. The minimum Gasteiger partial charge on any atom is -0.464 e. The molecule has 0 amide bonds. The summed E-state index contributed by atoms with van der Waals surface area (Å²) in [6, 6.07) is 1.59. The number of H-pyrrole nitrogens is 1. The molecule has 0 saturated carbocycles. The molecule has 0 radical (unpaired) electrons. The molecule has 1 rings (SSSR count). The van der Waals surface area contributed by atoms with Crippen molar-refractivity contribution < 1.29 is 9.53 Å². The van der Waals surface area contributed by atoms with Gasteiger partial charge in [-0.2, -0.15) is 5.10 Å². The van der Waals surface area contributed by atoms with Crippen molar-refractivity contribution in [2.24, 2.45) is 5.73 Å². The van der Waals surface area contributed by atoms with E-state index < -0.39 is 11.5 Å². The number of aromatic nitrogens is 2. The van der Waals surface area contributed by atoms with Crippen molar-refractivity contribution in [3.05, 3.63) is 17.5 Å². The maximum Gasteiger partial charge on any atom is 0.358 e. The number of nitrogens with one attached hydrogen (secondary N) is 1. The summed E-state index contributed by atoms with van der Waals surface area (Å²) in [5.41, 5.74) is 6.21. The van der Waals surface area contributed by atoms with Gasteiger partial charge in [-0.05, 0) is 19.9 Å². The fourth-order valence-electron chi connectivity index (χ4n) is 0.861. The van der Waals surface area contributed by atoms with Crippen LogP contribution in [0.4, 0.5) is 0 Å². The van der Waals surface area contributed by atoms with Crippen LogP contribution < -0.4 is 5.73 Å². The van der Waals surface area contributed by atoms with Crippen molar-refractivity contribution in [3.8, 4) is 0 Å². The van der Waals surface area contributed by atoms with Crippen LogP contribution in [0.2, 0.25) is 0 Å². The molecule has 0 saturated heterocycles. The number of nitrogens with zero attached hydrogens (tertiary/aromatic N) is 1. The van der Waals surface area contributed by atoms with Gasteiger partial charge in [0.15, 0.2) is 5.69 Å². The Labute approximate surface area is 76.3 Å². The van der Waals surface area contributed by atoms with Crippen molar-refractivity contribution in [2.45, 2.75) is 19.4 Å². The summed E-state index contributed by atoms with van der Waals surface area (Å²) in [5.74, 6) is -0.466. The first kappa shape index (κ1) is 9.73. The predicted molar refractivity (Wildman–Crippen MR) is 47.1 cm³/mol. The molecule has 72 valence electrons. The number of rotatable bonds is 2. The highest BCUT2D eigenvalue weighted by atomic mass is 16.5. The molecule has 0 aromatic carbocycles. The van der Waals surface area contributed by atoms with Crippen LogP contribution in [0.1, 0.15) is 30.0 Å². The largest absolute Gasteiger partial charge is 0.464 e. The summed E-state index contributed by atoms with van der Waals surface area (Å²) in [7, 11) is 1.31. The molecule has 0 bridgehead atoms. The van der Waals surface area contributed by atoms with Gasteiger partial charge in [0.05, 0.1) is 18.3 Å². The third-order valence-corrected chi connectivity index (χ3v) is 1.67. The van der Waals surface area contributed by atoms with Crippen LogP contribution in [0, 0.1) is 0 Å². The van der Waals surface area contributed by atoms with Crippen LogP contribution in [0.15, 0.2) is 6.07 Å². The number of nitrogens with two attached hydrogens (primary N) is 1. The van der Waals surface area contributed by atoms with Crippen molar-refractivity contribution in [1.82, 2.24) is 10.2 Å². The third-order valence-electron chi connectivity index (χ3n) is 1.67. The lowest BCUT2D eigenvalue weighted by Gasteiger charge is -2.14. The summed E-state index contributed by atoms with van der Waals surface area (Å²) in [6.07, 6.45) is 0. The Hall–Kier alpha value is -1.36. The second-order valence-electron chi connectivity index (χ2n) is 3.38. The van der Waals surface area contributed by atoms with E-state index in [0.29, 0.717) is 5.69 Å². The van der Waals surface area contributed by atoms with Crippen LogP contribution in [0.3, 0.4) is 0 Å². The molecule has 0 unspecified atom stereocenters. The Morgan fingerprint density at radius 2 is 2.31 bits per heavy atom. The summed E-state index contributed by atoms with van der Waals surface area (Å²) in [5, 5.41) is 6.46. The lowest BCUT2D eigenvalue weighted by molar-refractivity contribution is 0.0594. The molecule has 0 atom stereocenters. The Bertz CT molecular complexity index is 311. The van der Waals surface area contributed by atoms with Crippen molar-refractivity contribution in [2.75, 3.05) is 7.11 Å². The van der Waals surface area contributed by atoms with Crippen LogP contribution in [0.5, 0.6) is 0 Å². The normalized spacial score (nSPS) is 11.4. The quantitative estimate of drug-likeness (QED) is 0.650. The van der Waals surface area contributed by atoms with E-state index in [4.69, 9.17) is 5.73 Å². The van der Waals surface area contributed by atoms with Crippen LogP contribution >= 0.6 is 0 Å². The molecule has 1 aromatic heterocycles. The Balaban J connectivity index is 2.93. The Morgan fingerprint density at radius 3 is 2.69 bits per heavy atom. The smallest absolute Gasteiger partial charge is 0.358 e. The van der Waals surface area contributed by atoms with E-state index in [0.717, 1.165) is 0 Å². The number of aromatic amines is 1. The maximum atomic E-state index is 11.0. The number of carbonyl (C=O) groups excluding carboxylic acids is 1. The van der Waals surface area contributed by atoms with Gasteiger partial charge in [0, 0.05) is 0 Å². The standard InChI is InChI=1S/C8H13N3O2/c1-8(2,9)6-4-5(10-11-6)7(12)13-3/h4H,9H2,1-3H3,(H,10,11). The maximum absolute atomic E-state index is 11.0. The fraction of sp³-hybridized carbons (Fsp3) is 0.500. The lowest BCUT2D eigenvalue weighted by Crippen LogP contribution is -2.29. The van der Waals surface area contributed by atoms with E-state index in [1.807, 2.05) is 13.8 Å². The zero-order chi connectivity index (χ0) is 10.1. The number of carbonyl (C=O) groups is 1. The van der Waals surface area contributed by atoms with Crippen LogP contribution in [-0.2, 0) is 10.3 Å². The molecular formula is C8H13N3O2. The van der Waals surface area contributed by atoms with Crippen LogP contribution in [0.25, 0.3) is 0 Å². The minimum atomic E-state index is -0.529. The van der Waals surface area contributed by atoms with Crippen molar-refractivity contribution in [1.29, 1.82) is 0 Å². The molecule has 0 aliphatic carbocycles. The summed E-state index contributed by atoms with van der Waals surface area (Å²) in [4.78, 5) is 11.0. The van der Waals surface area contributed by atoms with E-state index in [2.05, 4.69) is 14.9 Å². The molecule has 0 aliphatic rings. The molecule has 1 aromatic rings. The van der Waals surface area contributed by atoms with E-state index in [1.165, 1.54) is 7.11 Å². The highest BCUT2D eigenvalue weighted by Crippen LogP contribution is 2.14. The van der Waals surface area contributed by atoms with Gasteiger partial charge in [-0.15, -0.1) is 0 Å². The molecule has 5 nitrogen and oxygen atoms in total. The number of hydrogen-bond acceptors (Lipinski definition) is 4. The second kappa shape index (κ2) is 3.18. The fourth-order valence-corrected chi connectivity index (χ4v) is 0.861. The molecular weight excluding hydrogens is 170 g/mol. The number of methoxy groups -OCH3 is 1. The lowest BCUT2D eigenvalue weighted by atomic mass is 10.0. The molecule has 0 fully saturated rings. The van der Waals surface area contributed by atoms with Gasteiger partial charge in [-0.3, -0.25) is 5.10 Å². The number of ether oxygens (including phenoxy) is 1. The molecule has 0 spiro atoms. The second-order valence-corrected chi connectivity index (χ2v) is 3.38. The van der Waals surface area contributed by atoms with Crippen LogP contribution in [-0.4, -0.2) is 23.3 Å². The molecule has 3 N–H and O–H groups in total. The predicted octanol–water partition coefficient (Wildman–Crippen LogP) is 0.390. The first-order valence-corrected chi connectivity index (χ1v) is 3.88. The first-order chi connectivity index (χ1) is 5.95. The van der Waals surface area contributed by atoms with Gasteiger partial charge in [-0.1, -0.05) is 0 Å². The zero-order valence-electron chi connectivity index (χ0n) is 7.92. The summed E-state index contributed by atoms with van der Waals surface area (Å²) >= 11 is 0. The monoisotopic (exact) mass is 183 g/mol. The van der Waals surface area contributed by atoms with E-state index in [9.17, 15) is 4.79 Å². The number of hydrogen-bond donors (Lipinski definition) is 2. The van der Waals surface area contributed by atoms with Gasteiger partial charge in [0.25, 0.3) is 0 Å². The zero-order valence-corrected chi connectivity index (χ0v) is 7.92. The molecule has 1 heterocycles. The number of esters is 1.